The Balaban J connectivity index is 1.45. The average molecular weight is 577 g/mol. The third kappa shape index (κ3) is 7.30. The molecule has 0 atom stereocenters. The predicted octanol–water partition coefficient (Wildman–Crippen LogP) is 7.31. The minimum Gasteiger partial charge on any atom is -0.481 e. The van der Waals surface area contributed by atoms with Gasteiger partial charge in [-0.3, -0.25) is 14.4 Å². The number of aromatic amines is 1. The number of carbonyl (C=O) groups is 2. The van der Waals surface area contributed by atoms with Gasteiger partial charge in [0.15, 0.2) is 0 Å². The molecule has 2 aromatic heterocycles. The zero-order chi connectivity index (χ0) is 30.2. The van der Waals surface area contributed by atoms with E-state index in [0.717, 1.165) is 71.9 Å². The maximum absolute atomic E-state index is 12.9. The van der Waals surface area contributed by atoms with Crippen molar-refractivity contribution in [1.29, 1.82) is 0 Å². The first kappa shape index (κ1) is 29.6. The predicted molar refractivity (Wildman–Crippen MR) is 169 cm³/mol. The number of carbonyl (C=O) groups excluding carboxylic acids is 1. The number of furan rings is 1. The molecule has 0 aliphatic rings. The molecule has 5 aromatic rings. The number of fused-ring (bicyclic) bond motifs is 1. The van der Waals surface area contributed by atoms with Gasteiger partial charge in [-0.05, 0) is 54.0 Å². The van der Waals surface area contributed by atoms with Crippen molar-refractivity contribution in [2.75, 3.05) is 5.32 Å². The van der Waals surface area contributed by atoms with Gasteiger partial charge in [0.05, 0.1) is 0 Å². The van der Waals surface area contributed by atoms with Crippen molar-refractivity contribution < 1.29 is 19.1 Å². The fourth-order valence-corrected chi connectivity index (χ4v) is 5.54. The number of aryl methyl sites for hydroxylation is 2. The van der Waals surface area contributed by atoms with Crippen LogP contribution in [0.5, 0.6) is 0 Å². The molecule has 0 aliphatic heterocycles. The highest BCUT2D eigenvalue weighted by molar-refractivity contribution is 6.02. The van der Waals surface area contributed by atoms with Crippen molar-refractivity contribution in [3.63, 3.8) is 0 Å². The van der Waals surface area contributed by atoms with E-state index in [-0.39, 0.29) is 5.69 Å². The van der Waals surface area contributed by atoms with E-state index < -0.39 is 23.9 Å². The lowest BCUT2D eigenvalue weighted by atomic mass is 9.93. The number of benzene rings is 3. The second-order valence-corrected chi connectivity index (χ2v) is 10.8. The van der Waals surface area contributed by atoms with Crippen molar-refractivity contribution in [2.24, 2.45) is 0 Å². The van der Waals surface area contributed by atoms with Crippen LogP contribution in [0.25, 0.3) is 22.1 Å². The molecule has 0 saturated carbocycles. The van der Waals surface area contributed by atoms with Crippen LogP contribution in [0.2, 0.25) is 0 Å². The number of carboxylic acid groups (broad SMARTS) is 1. The standard InChI is InChI=1S/C36H36N2O5/c1-2-3-15-32-29(27-13-7-8-16-31(27)43-32)21-25-17-19-26(20-18-25)30-23-37-36(42)35(38-33(39)22-34(40)41)28(30)14-9-12-24-10-5-4-6-11-24/h4-8,10-11,13,16-20,23H,2-3,9,12,14-15,21-22H2,1H3,(H,37,42)(H,38,39)(H,40,41). The number of para-hydroxylation sites is 1. The molecule has 0 saturated heterocycles. The van der Waals surface area contributed by atoms with Gasteiger partial charge in [-0.25, -0.2) is 0 Å². The highest BCUT2D eigenvalue weighted by Crippen LogP contribution is 2.32. The number of pyridine rings is 1. The summed E-state index contributed by atoms with van der Waals surface area (Å²) in [4.78, 5) is 39.2. The molecule has 0 aliphatic carbocycles. The number of nitrogens with one attached hydrogen (secondary N) is 2. The third-order valence-electron chi connectivity index (χ3n) is 7.70. The normalized spacial score (nSPS) is 11.1. The lowest BCUT2D eigenvalue weighted by Crippen LogP contribution is -2.24. The highest BCUT2D eigenvalue weighted by Gasteiger charge is 2.19. The molecule has 43 heavy (non-hydrogen) atoms. The quantitative estimate of drug-likeness (QED) is 0.127. The van der Waals surface area contributed by atoms with Crippen molar-refractivity contribution in [3.8, 4) is 11.1 Å². The highest BCUT2D eigenvalue weighted by atomic mass is 16.4. The topological polar surface area (TPSA) is 112 Å². The van der Waals surface area contributed by atoms with E-state index in [2.05, 4.69) is 47.6 Å². The maximum atomic E-state index is 12.9. The third-order valence-corrected chi connectivity index (χ3v) is 7.70. The number of hydrogen-bond acceptors (Lipinski definition) is 4. The fourth-order valence-electron chi connectivity index (χ4n) is 5.54. The molecular formula is C36H36N2O5. The Morgan fingerprint density at radius 1 is 0.837 bits per heavy atom. The molecule has 0 radical (unpaired) electrons. The van der Waals surface area contributed by atoms with Gasteiger partial charge in [0.1, 0.15) is 23.5 Å². The van der Waals surface area contributed by atoms with Crippen LogP contribution in [0, 0.1) is 0 Å². The SMILES string of the molecule is CCCCc1oc2ccccc2c1Cc1ccc(-c2c[nH]c(=O)c(NC(=O)CC(=O)O)c2CCCc2ccccc2)cc1. The number of rotatable bonds is 13. The van der Waals surface area contributed by atoms with Crippen LogP contribution in [0.3, 0.4) is 0 Å². The molecule has 5 rings (SSSR count). The number of unbranched alkanes of at least 4 members (excludes halogenated alkanes) is 1. The van der Waals surface area contributed by atoms with Crippen LogP contribution < -0.4 is 10.9 Å². The number of H-pyrrole nitrogens is 1. The molecule has 3 N–H and O–H groups in total. The Morgan fingerprint density at radius 3 is 2.33 bits per heavy atom. The van der Waals surface area contributed by atoms with Crippen LogP contribution in [-0.4, -0.2) is 22.0 Å². The molecule has 0 unspecified atom stereocenters. The number of carboxylic acids is 1. The van der Waals surface area contributed by atoms with E-state index in [1.807, 2.05) is 48.5 Å². The molecule has 1 amide bonds. The fraction of sp³-hybridized carbons (Fsp3) is 0.250. The van der Waals surface area contributed by atoms with Crippen LogP contribution >= 0.6 is 0 Å². The Kier molecular flexibility index (Phi) is 9.52. The number of aromatic nitrogens is 1. The lowest BCUT2D eigenvalue weighted by Gasteiger charge is -2.16. The van der Waals surface area contributed by atoms with Crippen LogP contribution in [-0.2, 0) is 35.3 Å². The minimum atomic E-state index is -1.26. The monoisotopic (exact) mass is 576 g/mol. The first-order valence-electron chi connectivity index (χ1n) is 14.8. The van der Waals surface area contributed by atoms with Crippen molar-refractivity contribution in [1.82, 2.24) is 4.98 Å². The summed E-state index contributed by atoms with van der Waals surface area (Å²) in [5.74, 6) is -0.953. The summed E-state index contributed by atoms with van der Waals surface area (Å²) in [6, 6.07) is 26.5. The molecule has 2 heterocycles. The van der Waals surface area contributed by atoms with E-state index in [1.165, 1.54) is 11.1 Å². The van der Waals surface area contributed by atoms with E-state index >= 15 is 0 Å². The van der Waals surface area contributed by atoms with Crippen LogP contribution in [0.1, 0.15) is 60.6 Å². The zero-order valence-electron chi connectivity index (χ0n) is 24.3. The van der Waals surface area contributed by atoms with Crippen molar-refractivity contribution in [3.05, 3.63) is 123 Å². The average Bonchev–Trinajstić information content (AvgIpc) is 3.35. The molecular weight excluding hydrogens is 540 g/mol. The van der Waals surface area contributed by atoms with Crippen molar-refractivity contribution in [2.45, 2.75) is 58.3 Å². The second-order valence-electron chi connectivity index (χ2n) is 10.8. The van der Waals surface area contributed by atoms with E-state index in [0.29, 0.717) is 12.0 Å². The summed E-state index contributed by atoms with van der Waals surface area (Å²) in [7, 11) is 0. The molecule has 0 bridgehead atoms. The second kappa shape index (κ2) is 13.8. The Labute approximate surface area is 250 Å². The van der Waals surface area contributed by atoms with Crippen LogP contribution in [0.15, 0.2) is 94.3 Å². The summed E-state index contributed by atoms with van der Waals surface area (Å²) in [6.45, 7) is 2.18. The summed E-state index contributed by atoms with van der Waals surface area (Å²) in [6.07, 6.45) is 6.83. The molecule has 7 heteroatoms. The number of anilines is 1. The van der Waals surface area contributed by atoms with Gasteiger partial charge in [-0.1, -0.05) is 86.1 Å². The molecule has 7 nitrogen and oxygen atoms in total. The number of aliphatic carboxylic acids is 1. The zero-order valence-corrected chi connectivity index (χ0v) is 24.3. The van der Waals surface area contributed by atoms with Gasteiger partial charge in [0.25, 0.3) is 5.56 Å². The van der Waals surface area contributed by atoms with Gasteiger partial charge < -0.3 is 19.8 Å². The molecule has 0 spiro atoms. The smallest absolute Gasteiger partial charge is 0.312 e. The van der Waals surface area contributed by atoms with Gasteiger partial charge in [0, 0.05) is 35.6 Å². The number of amides is 1. The van der Waals surface area contributed by atoms with Gasteiger partial charge in [-0.2, -0.15) is 0 Å². The Hall–Kier alpha value is -4.91. The van der Waals surface area contributed by atoms with E-state index in [1.54, 1.807) is 6.20 Å². The van der Waals surface area contributed by atoms with Gasteiger partial charge >= 0.3 is 5.97 Å². The summed E-state index contributed by atoms with van der Waals surface area (Å²) >= 11 is 0. The molecule has 220 valence electrons. The lowest BCUT2D eigenvalue weighted by molar-refractivity contribution is -0.139. The summed E-state index contributed by atoms with van der Waals surface area (Å²) < 4.78 is 6.23. The van der Waals surface area contributed by atoms with Gasteiger partial charge in [0.2, 0.25) is 5.91 Å². The van der Waals surface area contributed by atoms with Crippen LogP contribution in [0.4, 0.5) is 5.69 Å². The molecule has 3 aromatic carbocycles. The summed E-state index contributed by atoms with van der Waals surface area (Å²) in [5.41, 5.74) is 6.46. The Bertz CT molecular complexity index is 1770. The van der Waals surface area contributed by atoms with E-state index in [9.17, 15) is 14.4 Å². The first-order valence-corrected chi connectivity index (χ1v) is 14.8. The maximum Gasteiger partial charge on any atom is 0.312 e. The van der Waals surface area contributed by atoms with Crippen molar-refractivity contribution >= 4 is 28.5 Å². The van der Waals surface area contributed by atoms with E-state index in [4.69, 9.17) is 9.52 Å². The molecule has 0 fully saturated rings. The van der Waals surface area contributed by atoms with Gasteiger partial charge in [-0.15, -0.1) is 0 Å². The Morgan fingerprint density at radius 2 is 1.58 bits per heavy atom. The largest absolute Gasteiger partial charge is 0.481 e. The first-order chi connectivity index (χ1) is 20.9. The summed E-state index contributed by atoms with van der Waals surface area (Å²) in [5, 5.41) is 12.8. The number of hydrogen-bond donors (Lipinski definition) is 3. The minimum absolute atomic E-state index is 0.103.